The van der Waals surface area contributed by atoms with Gasteiger partial charge in [-0.3, -0.25) is 14.2 Å². The maximum absolute atomic E-state index is 14.3. The van der Waals surface area contributed by atoms with Gasteiger partial charge in [0.1, 0.15) is 5.82 Å². The fourth-order valence-corrected chi connectivity index (χ4v) is 3.42. The van der Waals surface area contributed by atoms with Crippen molar-refractivity contribution < 1.29 is 9.18 Å². The first-order valence-electron chi connectivity index (χ1n) is 8.32. The van der Waals surface area contributed by atoms with Gasteiger partial charge < -0.3 is 5.32 Å². The van der Waals surface area contributed by atoms with E-state index in [1.165, 1.54) is 20.2 Å². The molecule has 0 aliphatic carbocycles. The van der Waals surface area contributed by atoms with E-state index in [4.69, 9.17) is 11.6 Å². The second-order valence-electron chi connectivity index (χ2n) is 6.30. The van der Waals surface area contributed by atoms with Gasteiger partial charge in [-0.05, 0) is 52.2 Å². The molecule has 3 aromatic rings. The van der Waals surface area contributed by atoms with Crippen LogP contribution in [0, 0.1) is 12.7 Å². The summed E-state index contributed by atoms with van der Waals surface area (Å²) in [5, 5.41) is 6.62. The lowest BCUT2D eigenvalue weighted by atomic mass is 9.98. The molecule has 0 unspecified atom stereocenters. The van der Waals surface area contributed by atoms with Gasteiger partial charge in [0.15, 0.2) is 0 Å². The molecule has 0 spiro atoms. The molecule has 0 fully saturated rings. The number of nitrogens with one attached hydrogen (secondary N) is 1. The third-order valence-corrected chi connectivity index (χ3v) is 5.69. The van der Waals surface area contributed by atoms with Gasteiger partial charge in [0, 0.05) is 29.8 Å². The normalized spacial score (nSPS) is 10.8. The standard InChI is InChI=1S/C19H15BrClFN4O3/c1-9-12(11-5-4-6-13(20)15(11)21)7-10(22)8-14(9)23-17(27)16-18(28)25(2)19(29)26(3)24-16/h4-8H,1-3H3,(H,23,27). The van der Waals surface area contributed by atoms with Gasteiger partial charge >= 0.3 is 5.69 Å². The molecule has 1 N–H and O–H groups in total. The van der Waals surface area contributed by atoms with E-state index in [-0.39, 0.29) is 5.69 Å². The fourth-order valence-electron chi connectivity index (χ4n) is 2.82. The van der Waals surface area contributed by atoms with Gasteiger partial charge in [-0.15, -0.1) is 0 Å². The van der Waals surface area contributed by atoms with E-state index in [2.05, 4.69) is 26.3 Å². The number of benzene rings is 2. The first-order valence-corrected chi connectivity index (χ1v) is 9.49. The third kappa shape index (κ3) is 3.88. The van der Waals surface area contributed by atoms with Crippen molar-refractivity contribution in [3.05, 3.63) is 77.7 Å². The van der Waals surface area contributed by atoms with Gasteiger partial charge in [0.25, 0.3) is 11.5 Å². The van der Waals surface area contributed by atoms with Gasteiger partial charge in [-0.25, -0.2) is 13.9 Å². The molecule has 0 aliphatic rings. The second-order valence-corrected chi connectivity index (χ2v) is 7.53. The van der Waals surface area contributed by atoms with Crippen LogP contribution in [0.4, 0.5) is 10.1 Å². The highest BCUT2D eigenvalue weighted by Crippen LogP contribution is 2.37. The van der Waals surface area contributed by atoms with Crippen molar-refractivity contribution in [1.29, 1.82) is 0 Å². The SMILES string of the molecule is Cc1c(NC(=O)c2nn(C)c(=O)n(C)c2=O)cc(F)cc1-c1cccc(Br)c1Cl. The molecule has 0 bridgehead atoms. The Morgan fingerprint density at radius 1 is 1.21 bits per heavy atom. The zero-order chi connectivity index (χ0) is 21.5. The number of anilines is 1. The van der Waals surface area contributed by atoms with Gasteiger partial charge in [-0.1, -0.05) is 23.7 Å². The third-order valence-electron chi connectivity index (χ3n) is 4.40. The highest BCUT2D eigenvalue weighted by molar-refractivity contribution is 9.10. The van der Waals surface area contributed by atoms with E-state index < -0.39 is 28.7 Å². The molecule has 0 saturated heterocycles. The van der Waals surface area contributed by atoms with Crippen LogP contribution in [0.5, 0.6) is 0 Å². The molecule has 0 saturated carbocycles. The zero-order valence-electron chi connectivity index (χ0n) is 15.6. The van der Waals surface area contributed by atoms with Crippen LogP contribution in [-0.2, 0) is 14.1 Å². The molecule has 2 aromatic carbocycles. The largest absolute Gasteiger partial charge is 0.346 e. The maximum atomic E-state index is 14.3. The Morgan fingerprint density at radius 3 is 2.59 bits per heavy atom. The minimum Gasteiger partial charge on any atom is -0.320 e. The number of carbonyl (C=O) groups is 1. The molecule has 10 heteroatoms. The number of aromatic nitrogens is 3. The van der Waals surface area contributed by atoms with Gasteiger partial charge in [-0.2, -0.15) is 5.10 Å². The van der Waals surface area contributed by atoms with E-state index in [1.54, 1.807) is 25.1 Å². The molecule has 0 aliphatic heterocycles. The Hall–Kier alpha value is -2.78. The summed E-state index contributed by atoms with van der Waals surface area (Å²) in [7, 11) is 2.56. The molecule has 7 nitrogen and oxygen atoms in total. The Kier molecular flexibility index (Phi) is 5.72. The quantitative estimate of drug-likeness (QED) is 0.622. The summed E-state index contributed by atoms with van der Waals surface area (Å²) < 4.78 is 16.6. The van der Waals surface area contributed by atoms with E-state index in [0.717, 1.165) is 15.3 Å². The Bertz CT molecular complexity index is 1270. The van der Waals surface area contributed by atoms with Crippen LogP contribution >= 0.6 is 27.5 Å². The number of amides is 1. The summed E-state index contributed by atoms with van der Waals surface area (Å²) in [6, 6.07) is 7.68. The summed E-state index contributed by atoms with van der Waals surface area (Å²) in [6.45, 7) is 1.69. The zero-order valence-corrected chi connectivity index (χ0v) is 17.9. The number of carbonyl (C=O) groups excluding carboxylic acids is 1. The number of hydrogen-bond acceptors (Lipinski definition) is 4. The average Bonchev–Trinajstić information content (AvgIpc) is 2.67. The lowest BCUT2D eigenvalue weighted by Crippen LogP contribution is -2.43. The molecular weight excluding hydrogens is 467 g/mol. The van der Waals surface area contributed by atoms with Crippen molar-refractivity contribution in [3.63, 3.8) is 0 Å². The van der Waals surface area contributed by atoms with Crippen molar-refractivity contribution in [2.24, 2.45) is 14.1 Å². The minimum absolute atomic E-state index is 0.152. The number of halogens is 3. The van der Waals surface area contributed by atoms with Crippen LogP contribution in [0.1, 0.15) is 16.1 Å². The number of nitrogens with zero attached hydrogens (tertiary/aromatic N) is 3. The molecule has 0 atom stereocenters. The highest BCUT2D eigenvalue weighted by Gasteiger charge is 2.20. The van der Waals surface area contributed by atoms with E-state index in [0.29, 0.717) is 26.2 Å². The van der Waals surface area contributed by atoms with Crippen LogP contribution in [0.2, 0.25) is 5.02 Å². The van der Waals surface area contributed by atoms with Crippen molar-refractivity contribution in [2.75, 3.05) is 5.32 Å². The smallest absolute Gasteiger partial charge is 0.320 e. The summed E-state index contributed by atoms with van der Waals surface area (Å²) >= 11 is 9.67. The monoisotopic (exact) mass is 480 g/mol. The number of hydrogen-bond donors (Lipinski definition) is 1. The van der Waals surface area contributed by atoms with E-state index in [1.807, 2.05) is 0 Å². The number of rotatable bonds is 3. The highest BCUT2D eigenvalue weighted by atomic mass is 79.9. The van der Waals surface area contributed by atoms with Crippen molar-refractivity contribution in [3.8, 4) is 11.1 Å². The Balaban J connectivity index is 2.09. The van der Waals surface area contributed by atoms with Gasteiger partial charge in [0.05, 0.1) is 5.02 Å². The topological polar surface area (TPSA) is 86.0 Å². The van der Waals surface area contributed by atoms with Crippen LogP contribution in [0.25, 0.3) is 11.1 Å². The maximum Gasteiger partial charge on any atom is 0.346 e. The minimum atomic E-state index is -0.860. The average molecular weight is 482 g/mol. The van der Waals surface area contributed by atoms with Crippen LogP contribution in [0.3, 0.4) is 0 Å². The van der Waals surface area contributed by atoms with E-state index >= 15 is 0 Å². The van der Waals surface area contributed by atoms with Crippen LogP contribution < -0.4 is 16.6 Å². The summed E-state index contributed by atoms with van der Waals surface area (Å²) in [4.78, 5) is 36.6. The summed E-state index contributed by atoms with van der Waals surface area (Å²) in [5.41, 5.74) is -0.256. The summed E-state index contributed by atoms with van der Waals surface area (Å²) in [6.07, 6.45) is 0. The molecule has 1 amide bonds. The lowest BCUT2D eigenvalue weighted by Gasteiger charge is -2.15. The van der Waals surface area contributed by atoms with Crippen LogP contribution in [0.15, 0.2) is 44.4 Å². The first-order chi connectivity index (χ1) is 13.6. The molecule has 1 heterocycles. The van der Waals surface area contributed by atoms with Crippen LogP contribution in [-0.4, -0.2) is 20.3 Å². The van der Waals surface area contributed by atoms with Crippen molar-refractivity contribution in [2.45, 2.75) is 6.92 Å². The predicted octanol–water partition coefficient (Wildman–Crippen LogP) is 3.26. The molecule has 150 valence electrons. The van der Waals surface area contributed by atoms with Crippen molar-refractivity contribution in [1.82, 2.24) is 14.3 Å². The molecule has 29 heavy (non-hydrogen) atoms. The van der Waals surface area contributed by atoms with Gasteiger partial charge in [0.2, 0.25) is 5.69 Å². The predicted molar refractivity (Wildman–Crippen MR) is 112 cm³/mol. The molecule has 3 rings (SSSR count). The first kappa shape index (κ1) is 20.9. The molecular formula is C19H15BrClFN4O3. The molecule has 0 radical (unpaired) electrons. The summed E-state index contributed by atoms with van der Waals surface area (Å²) in [5.74, 6) is -1.46. The second kappa shape index (κ2) is 7.92. The lowest BCUT2D eigenvalue weighted by molar-refractivity contribution is 0.101. The van der Waals surface area contributed by atoms with Crippen molar-refractivity contribution >= 4 is 39.1 Å². The Labute approximate surface area is 177 Å². The fraction of sp³-hybridized carbons (Fsp3) is 0.158. The van der Waals surface area contributed by atoms with E-state index in [9.17, 15) is 18.8 Å². The molecule has 1 aromatic heterocycles. The Morgan fingerprint density at radius 2 is 1.90 bits per heavy atom. The number of aryl methyl sites for hydroxylation is 1.